The Kier molecular flexibility index (Phi) is 15.8. The lowest BCUT2D eigenvalue weighted by molar-refractivity contribution is 0.243. The normalized spacial score (nSPS) is 18.0. The number of nitrogens with one attached hydrogen (secondary N) is 4. The summed E-state index contributed by atoms with van der Waals surface area (Å²) in [6.07, 6.45) is 12.4. The Balaban J connectivity index is 0.000000909. The molecule has 3 aliphatic rings. The zero-order valence-corrected chi connectivity index (χ0v) is 31.4. The van der Waals surface area contributed by atoms with E-state index in [0.29, 0.717) is 11.9 Å². The summed E-state index contributed by atoms with van der Waals surface area (Å²) in [6.45, 7) is 22.4. The van der Waals surface area contributed by atoms with E-state index in [0.717, 1.165) is 78.5 Å². The Morgan fingerprint density at radius 3 is 2.35 bits per heavy atom. The number of allylic oxidation sites excluding steroid dienone is 2. The molecule has 4 heterocycles. The SMILES string of the molecule is C=C(Nc1ccccc1)c1ccc(C(NC)c2c(N)ncc(C3=CN(CCN4CCCC4)NC3)c2NC2CCCN(C)C2)cc1.C=CC=C.CC. The molecule has 3 aromatic rings. The van der Waals surface area contributed by atoms with E-state index in [-0.39, 0.29) is 6.04 Å². The van der Waals surface area contributed by atoms with Crippen LogP contribution in [0.15, 0.2) is 98.9 Å². The average Bonchev–Trinajstić information content (AvgIpc) is 3.87. The van der Waals surface area contributed by atoms with E-state index in [1.807, 2.05) is 57.4 Å². The van der Waals surface area contributed by atoms with Crippen LogP contribution in [0.4, 0.5) is 17.2 Å². The largest absolute Gasteiger partial charge is 0.383 e. The van der Waals surface area contributed by atoms with E-state index in [1.165, 1.54) is 37.9 Å². The van der Waals surface area contributed by atoms with Crippen molar-refractivity contribution in [2.24, 2.45) is 0 Å². The predicted molar refractivity (Wildman–Crippen MR) is 219 cm³/mol. The summed E-state index contributed by atoms with van der Waals surface area (Å²) >= 11 is 0. The smallest absolute Gasteiger partial charge is 0.130 e. The lowest BCUT2D eigenvalue weighted by Gasteiger charge is -2.33. The van der Waals surface area contributed by atoms with Crippen molar-refractivity contribution in [2.45, 2.75) is 51.6 Å². The van der Waals surface area contributed by atoms with E-state index in [1.54, 1.807) is 12.2 Å². The van der Waals surface area contributed by atoms with Crippen molar-refractivity contribution in [3.63, 3.8) is 0 Å². The first-order valence-corrected chi connectivity index (χ1v) is 18.6. The summed E-state index contributed by atoms with van der Waals surface area (Å²) in [5.41, 5.74) is 18.8. The fourth-order valence-corrected chi connectivity index (χ4v) is 6.87. The molecule has 2 saturated heterocycles. The van der Waals surface area contributed by atoms with Crippen LogP contribution in [-0.2, 0) is 0 Å². The third-order valence-electron chi connectivity index (χ3n) is 9.51. The number of para-hydroxylation sites is 1. The number of anilines is 3. The molecule has 6 N–H and O–H groups in total. The lowest BCUT2D eigenvalue weighted by Crippen LogP contribution is -2.40. The van der Waals surface area contributed by atoms with Crippen LogP contribution in [0.25, 0.3) is 11.3 Å². The van der Waals surface area contributed by atoms with Gasteiger partial charge in [-0.15, -0.1) is 0 Å². The number of benzene rings is 2. The molecule has 51 heavy (non-hydrogen) atoms. The molecular weight excluding hydrogens is 631 g/mol. The Bertz CT molecular complexity index is 1560. The molecule has 2 unspecified atom stereocenters. The minimum atomic E-state index is -0.146. The number of likely N-dealkylation sites (tertiary alicyclic amines) is 2. The molecule has 1 aromatic heterocycles. The molecule has 0 aliphatic carbocycles. The number of rotatable bonds is 13. The maximum absolute atomic E-state index is 6.77. The van der Waals surface area contributed by atoms with E-state index in [9.17, 15) is 0 Å². The molecule has 3 aliphatic heterocycles. The Morgan fingerprint density at radius 2 is 1.71 bits per heavy atom. The standard InChI is InChI=1S/C36H49N9.C4H6.C2H6/c1-26(41-30-10-5-4-6-11-30)27-13-15-28(16-14-27)34(38-2)33-35(42-31-12-9-17-43(3)25-31)32(23-39-36(33)37)29-22-40-45(24-29)21-20-44-18-7-8-19-44;1-3-4-2;1-2/h4-6,10-11,13-16,23-24,31,34,38,40-41H,1,7-9,12,17-22,25H2,2-3H3,(H3,37,39,42);3-4H,1-2H2;1-2H3. The highest BCUT2D eigenvalue weighted by molar-refractivity contribution is 5.83. The minimum Gasteiger partial charge on any atom is -0.383 e. The van der Waals surface area contributed by atoms with Crippen molar-refractivity contribution < 1.29 is 0 Å². The van der Waals surface area contributed by atoms with Gasteiger partial charge >= 0.3 is 0 Å². The van der Waals surface area contributed by atoms with Gasteiger partial charge in [0.1, 0.15) is 5.82 Å². The summed E-state index contributed by atoms with van der Waals surface area (Å²) in [7, 11) is 4.20. The van der Waals surface area contributed by atoms with Gasteiger partial charge in [0.15, 0.2) is 0 Å². The van der Waals surface area contributed by atoms with Gasteiger partial charge in [-0.05, 0) is 88.2 Å². The number of nitrogens with zero attached hydrogens (tertiary/aromatic N) is 4. The van der Waals surface area contributed by atoms with Crippen LogP contribution in [0.3, 0.4) is 0 Å². The summed E-state index contributed by atoms with van der Waals surface area (Å²) in [4.78, 5) is 9.74. The van der Waals surface area contributed by atoms with E-state index in [2.05, 4.69) is 93.4 Å². The van der Waals surface area contributed by atoms with Gasteiger partial charge in [-0.25, -0.2) is 10.4 Å². The van der Waals surface area contributed by atoms with Crippen molar-refractivity contribution in [2.75, 3.05) is 76.3 Å². The molecule has 6 rings (SSSR count). The van der Waals surface area contributed by atoms with Crippen molar-refractivity contribution in [3.8, 4) is 0 Å². The van der Waals surface area contributed by atoms with Crippen LogP contribution in [0, 0.1) is 0 Å². The number of nitrogens with two attached hydrogens (primary N) is 1. The molecule has 0 saturated carbocycles. The molecule has 2 atom stereocenters. The topological polar surface area (TPSA) is 96.7 Å². The highest BCUT2D eigenvalue weighted by Gasteiger charge is 2.28. The van der Waals surface area contributed by atoms with E-state index in [4.69, 9.17) is 10.7 Å². The number of likely N-dealkylation sites (N-methyl/N-ethyl adjacent to an activating group) is 1. The molecule has 2 fully saturated rings. The van der Waals surface area contributed by atoms with Gasteiger partial charge in [0.25, 0.3) is 0 Å². The Morgan fingerprint density at radius 1 is 1.00 bits per heavy atom. The third kappa shape index (κ3) is 11.0. The van der Waals surface area contributed by atoms with Gasteiger partial charge in [-0.3, -0.25) is 0 Å². The molecule has 274 valence electrons. The van der Waals surface area contributed by atoms with Crippen LogP contribution >= 0.6 is 0 Å². The van der Waals surface area contributed by atoms with Crippen molar-refractivity contribution in [3.05, 3.63) is 121 Å². The number of hydrogen-bond acceptors (Lipinski definition) is 9. The summed E-state index contributed by atoms with van der Waals surface area (Å²) in [5, 5.41) is 13.2. The van der Waals surface area contributed by atoms with Gasteiger partial charge in [0, 0.05) is 67.1 Å². The fourth-order valence-electron chi connectivity index (χ4n) is 6.87. The highest BCUT2D eigenvalue weighted by atomic mass is 15.5. The minimum absolute atomic E-state index is 0.146. The molecule has 9 heteroatoms. The van der Waals surface area contributed by atoms with Crippen LogP contribution in [0.5, 0.6) is 0 Å². The molecular formula is C42H61N9. The number of hydrazine groups is 1. The summed E-state index contributed by atoms with van der Waals surface area (Å²) < 4.78 is 0. The summed E-state index contributed by atoms with van der Waals surface area (Å²) in [6, 6.07) is 18.9. The van der Waals surface area contributed by atoms with Crippen LogP contribution in [0.1, 0.15) is 67.8 Å². The number of pyridine rings is 1. The second-order valence-corrected chi connectivity index (χ2v) is 13.1. The van der Waals surface area contributed by atoms with Gasteiger partial charge in [-0.1, -0.05) is 88.2 Å². The Hall–Kier alpha value is -4.41. The maximum Gasteiger partial charge on any atom is 0.130 e. The molecule has 9 nitrogen and oxygen atoms in total. The van der Waals surface area contributed by atoms with E-state index >= 15 is 0 Å². The molecule has 0 amide bonds. The first-order valence-electron chi connectivity index (χ1n) is 18.6. The van der Waals surface area contributed by atoms with Crippen LogP contribution < -0.4 is 27.1 Å². The van der Waals surface area contributed by atoms with Crippen molar-refractivity contribution in [1.29, 1.82) is 0 Å². The van der Waals surface area contributed by atoms with Crippen LogP contribution in [-0.4, -0.2) is 85.7 Å². The number of piperidine rings is 1. The first-order chi connectivity index (χ1) is 24.9. The third-order valence-corrected chi connectivity index (χ3v) is 9.51. The van der Waals surface area contributed by atoms with Gasteiger partial charge < -0.3 is 36.5 Å². The lowest BCUT2D eigenvalue weighted by atomic mass is 9.92. The van der Waals surface area contributed by atoms with Gasteiger partial charge in [0.2, 0.25) is 0 Å². The highest BCUT2D eigenvalue weighted by Crippen LogP contribution is 2.39. The molecule has 2 aromatic carbocycles. The predicted octanol–water partition coefficient (Wildman–Crippen LogP) is 7.20. The molecule has 0 radical (unpaired) electrons. The summed E-state index contributed by atoms with van der Waals surface area (Å²) in [5.74, 6) is 0.543. The van der Waals surface area contributed by atoms with Gasteiger partial charge in [-0.2, -0.15) is 0 Å². The number of hydrogen-bond donors (Lipinski definition) is 5. The number of nitrogen functional groups attached to an aromatic ring is 1. The van der Waals surface area contributed by atoms with Gasteiger partial charge in [0.05, 0.1) is 11.7 Å². The zero-order chi connectivity index (χ0) is 36.6. The maximum atomic E-state index is 6.77. The monoisotopic (exact) mass is 692 g/mol. The second-order valence-electron chi connectivity index (χ2n) is 13.1. The molecule has 0 bridgehead atoms. The first kappa shape index (κ1) is 39.4. The van der Waals surface area contributed by atoms with Crippen molar-refractivity contribution >= 4 is 28.5 Å². The fraction of sp³-hybridized carbons (Fsp3) is 0.405. The van der Waals surface area contributed by atoms with Crippen molar-refractivity contribution in [1.82, 2.24) is 30.5 Å². The quantitative estimate of drug-likeness (QED) is 0.119. The average molecular weight is 692 g/mol. The van der Waals surface area contributed by atoms with Crippen LogP contribution in [0.2, 0.25) is 0 Å². The van der Waals surface area contributed by atoms with E-state index < -0.39 is 0 Å². The molecule has 0 spiro atoms. The second kappa shape index (κ2) is 20.4. The zero-order valence-electron chi connectivity index (χ0n) is 31.4. The number of aromatic nitrogens is 1. The Labute approximate surface area is 307 Å².